The summed E-state index contributed by atoms with van der Waals surface area (Å²) in [6.07, 6.45) is -5.04. The number of aromatic nitrogens is 1. The van der Waals surface area contributed by atoms with Gasteiger partial charge in [-0.2, -0.15) is 35.8 Å². The maximum absolute atomic E-state index is 13.6. The molecule has 1 heterocycles. The highest BCUT2D eigenvalue weighted by atomic mass is 19.4. The number of hydrogen-bond donors (Lipinski definition) is 2. The Kier molecular flexibility index (Phi) is 6.64. The van der Waals surface area contributed by atoms with E-state index >= 15 is 0 Å². The molecule has 13 heteroatoms. The van der Waals surface area contributed by atoms with E-state index in [9.17, 15) is 40.3 Å². The predicted molar refractivity (Wildman–Crippen MR) is 114 cm³/mol. The fraction of sp³-hybridized carbons (Fsp3) is 0.227. The molecule has 0 saturated carbocycles. The van der Waals surface area contributed by atoms with E-state index in [2.05, 4.69) is 10.5 Å². The number of hydrogen-bond acceptors (Lipinski definition) is 3. The number of rotatable bonds is 6. The van der Waals surface area contributed by atoms with Crippen molar-refractivity contribution in [1.29, 1.82) is 0 Å². The normalized spacial score (nSPS) is 13.1. The SMILES string of the molecule is C/C(=N\NC(=O)c1cn(C)c2ccccc12)c1cccc(NC(=O)C(F)(F)C(F)(F)C(F)(F)F)c1. The van der Waals surface area contributed by atoms with E-state index < -0.39 is 35.5 Å². The second-order valence-electron chi connectivity index (χ2n) is 7.49. The molecule has 2 aromatic carbocycles. The van der Waals surface area contributed by atoms with Crippen LogP contribution in [0, 0.1) is 0 Å². The van der Waals surface area contributed by atoms with Gasteiger partial charge in [0.2, 0.25) is 0 Å². The van der Waals surface area contributed by atoms with Gasteiger partial charge in [-0.15, -0.1) is 0 Å². The van der Waals surface area contributed by atoms with Crippen molar-refractivity contribution in [2.45, 2.75) is 24.9 Å². The third kappa shape index (κ3) is 4.84. The van der Waals surface area contributed by atoms with Crippen molar-refractivity contribution in [1.82, 2.24) is 9.99 Å². The minimum Gasteiger partial charge on any atom is -0.350 e. The maximum Gasteiger partial charge on any atom is 0.460 e. The lowest BCUT2D eigenvalue weighted by atomic mass is 10.1. The molecule has 2 N–H and O–H groups in total. The number of halogens is 7. The molecular weight excluding hydrogens is 485 g/mol. The number of aryl methyl sites for hydroxylation is 1. The molecule has 3 rings (SSSR count). The summed E-state index contributed by atoms with van der Waals surface area (Å²) >= 11 is 0. The van der Waals surface area contributed by atoms with Gasteiger partial charge in [0.25, 0.3) is 5.91 Å². The lowest BCUT2D eigenvalue weighted by molar-refractivity contribution is -0.343. The van der Waals surface area contributed by atoms with E-state index in [0.29, 0.717) is 10.9 Å². The van der Waals surface area contributed by atoms with E-state index in [0.717, 1.165) is 17.6 Å². The number of nitrogens with one attached hydrogen (secondary N) is 2. The number of alkyl halides is 7. The summed E-state index contributed by atoms with van der Waals surface area (Å²) in [6.45, 7) is 1.41. The van der Waals surface area contributed by atoms with Crippen LogP contribution in [0.25, 0.3) is 10.9 Å². The van der Waals surface area contributed by atoms with Gasteiger partial charge < -0.3 is 9.88 Å². The maximum atomic E-state index is 13.6. The number of hydrazone groups is 1. The number of para-hydroxylation sites is 1. The van der Waals surface area contributed by atoms with Gasteiger partial charge in [-0.1, -0.05) is 30.3 Å². The first kappa shape index (κ1) is 25.7. The largest absolute Gasteiger partial charge is 0.460 e. The van der Waals surface area contributed by atoms with Crippen LogP contribution in [0.2, 0.25) is 0 Å². The van der Waals surface area contributed by atoms with Crippen LogP contribution in [-0.4, -0.2) is 40.1 Å². The van der Waals surface area contributed by atoms with Crippen LogP contribution in [0.5, 0.6) is 0 Å². The van der Waals surface area contributed by atoms with Crippen molar-refractivity contribution in [2.24, 2.45) is 12.1 Å². The Morgan fingerprint density at radius 2 is 1.60 bits per heavy atom. The van der Waals surface area contributed by atoms with Gasteiger partial charge in [0.05, 0.1) is 11.3 Å². The second-order valence-corrected chi connectivity index (χ2v) is 7.49. The number of carbonyl (C=O) groups excluding carboxylic acids is 2. The number of fused-ring (bicyclic) bond motifs is 1. The van der Waals surface area contributed by atoms with Crippen molar-refractivity contribution >= 4 is 34.1 Å². The quantitative estimate of drug-likeness (QED) is 0.280. The molecule has 3 aromatic rings. The third-order valence-corrected chi connectivity index (χ3v) is 5.04. The average molecular weight is 502 g/mol. The Hall–Kier alpha value is -3.90. The van der Waals surface area contributed by atoms with Gasteiger partial charge >= 0.3 is 23.9 Å². The van der Waals surface area contributed by atoms with Crippen molar-refractivity contribution < 1.29 is 40.3 Å². The Morgan fingerprint density at radius 1 is 0.943 bits per heavy atom. The minimum atomic E-state index is -6.64. The third-order valence-electron chi connectivity index (χ3n) is 5.04. The summed E-state index contributed by atoms with van der Waals surface area (Å²) in [5.41, 5.74) is 3.26. The molecule has 0 aliphatic heterocycles. The predicted octanol–water partition coefficient (Wildman–Crippen LogP) is 5.10. The van der Waals surface area contributed by atoms with Crippen LogP contribution >= 0.6 is 0 Å². The van der Waals surface area contributed by atoms with E-state index in [-0.39, 0.29) is 11.3 Å². The minimum absolute atomic E-state index is 0.127. The summed E-state index contributed by atoms with van der Waals surface area (Å²) in [6, 6.07) is 11.7. The number of benzene rings is 2. The van der Waals surface area contributed by atoms with Crippen molar-refractivity contribution in [3.8, 4) is 0 Å². The van der Waals surface area contributed by atoms with Gasteiger partial charge in [-0.3, -0.25) is 9.59 Å². The molecule has 6 nitrogen and oxygen atoms in total. The molecule has 0 radical (unpaired) electrons. The van der Waals surface area contributed by atoms with Gasteiger partial charge in [0, 0.05) is 29.8 Å². The molecule has 186 valence electrons. The lowest BCUT2D eigenvalue weighted by Crippen LogP contribution is -2.57. The highest BCUT2D eigenvalue weighted by molar-refractivity contribution is 6.08. The molecule has 0 saturated heterocycles. The van der Waals surface area contributed by atoms with Crippen LogP contribution < -0.4 is 10.7 Å². The summed E-state index contributed by atoms with van der Waals surface area (Å²) in [4.78, 5) is 24.1. The monoisotopic (exact) mass is 502 g/mol. The van der Waals surface area contributed by atoms with Gasteiger partial charge in [0.15, 0.2) is 0 Å². The summed E-state index contributed by atoms with van der Waals surface area (Å²) in [5, 5.41) is 5.93. The molecule has 0 aliphatic rings. The summed E-state index contributed by atoms with van der Waals surface area (Å²) < 4.78 is 91.9. The molecule has 0 bridgehead atoms. The summed E-state index contributed by atoms with van der Waals surface area (Å²) in [7, 11) is 1.75. The van der Waals surface area contributed by atoms with Crippen LogP contribution in [0.3, 0.4) is 0 Å². The van der Waals surface area contributed by atoms with Gasteiger partial charge in [0.1, 0.15) is 0 Å². The first-order valence-electron chi connectivity index (χ1n) is 9.79. The molecule has 0 atom stereocenters. The molecule has 0 spiro atoms. The number of anilines is 1. The van der Waals surface area contributed by atoms with Gasteiger partial charge in [-0.05, 0) is 30.7 Å². The smallest absolute Gasteiger partial charge is 0.350 e. The Morgan fingerprint density at radius 3 is 2.26 bits per heavy atom. The zero-order valence-corrected chi connectivity index (χ0v) is 18.1. The number of carbonyl (C=O) groups is 2. The first-order valence-corrected chi connectivity index (χ1v) is 9.79. The van der Waals surface area contributed by atoms with Crippen LogP contribution in [0.4, 0.5) is 36.4 Å². The zero-order valence-electron chi connectivity index (χ0n) is 18.1. The van der Waals surface area contributed by atoms with Crippen LogP contribution in [0.15, 0.2) is 59.8 Å². The van der Waals surface area contributed by atoms with E-state index in [1.54, 1.807) is 36.0 Å². The van der Waals surface area contributed by atoms with Crippen molar-refractivity contribution in [2.75, 3.05) is 5.32 Å². The average Bonchev–Trinajstić information content (AvgIpc) is 3.13. The van der Waals surface area contributed by atoms with E-state index in [4.69, 9.17) is 0 Å². The zero-order chi connectivity index (χ0) is 26.2. The molecule has 0 unspecified atom stereocenters. The fourth-order valence-electron chi connectivity index (χ4n) is 3.13. The number of amides is 2. The van der Waals surface area contributed by atoms with Crippen LogP contribution in [-0.2, 0) is 11.8 Å². The molecule has 2 amide bonds. The Bertz CT molecular complexity index is 1310. The molecular formula is C22H17F7N4O2. The van der Waals surface area contributed by atoms with Crippen LogP contribution in [0.1, 0.15) is 22.8 Å². The highest BCUT2D eigenvalue weighted by Crippen LogP contribution is 2.46. The molecule has 0 aliphatic carbocycles. The molecule has 35 heavy (non-hydrogen) atoms. The number of nitrogens with zero attached hydrogens (tertiary/aromatic N) is 2. The topological polar surface area (TPSA) is 75.5 Å². The van der Waals surface area contributed by atoms with Gasteiger partial charge in [-0.25, -0.2) is 5.43 Å². The fourth-order valence-corrected chi connectivity index (χ4v) is 3.13. The van der Waals surface area contributed by atoms with Crippen molar-refractivity contribution in [3.63, 3.8) is 0 Å². The summed E-state index contributed by atoms with van der Waals surface area (Å²) in [5.74, 6) is -16.0. The second kappa shape index (κ2) is 9.04. The van der Waals surface area contributed by atoms with E-state index in [1.165, 1.54) is 24.4 Å². The highest BCUT2D eigenvalue weighted by Gasteiger charge is 2.76. The standard InChI is InChI=1S/C22H17F7N4O2/c1-12(31-32-18(34)16-11-33(2)17-9-4-3-8-15(16)17)13-6-5-7-14(10-13)30-19(35)20(23,24)21(25,26)22(27,28)29/h3-11H,1-2H3,(H,30,35)(H,32,34)/b31-12+. The van der Waals surface area contributed by atoms with E-state index in [1.807, 2.05) is 6.07 Å². The Balaban J connectivity index is 1.77. The van der Waals surface area contributed by atoms with Crippen molar-refractivity contribution in [3.05, 3.63) is 65.9 Å². The Labute approximate surface area is 193 Å². The first-order chi connectivity index (χ1) is 16.2. The molecule has 0 fully saturated rings. The molecule has 1 aromatic heterocycles. The lowest BCUT2D eigenvalue weighted by Gasteiger charge is -2.27.